The summed E-state index contributed by atoms with van der Waals surface area (Å²) in [6, 6.07) is 13.5. The summed E-state index contributed by atoms with van der Waals surface area (Å²) in [5.74, 6) is -3.62. The Bertz CT molecular complexity index is 1060. The van der Waals surface area contributed by atoms with Crippen LogP contribution in [0.2, 0.25) is 0 Å². The first-order chi connectivity index (χ1) is 15.5. The summed E-state index contributed by atoms with van der Waals surface area (Å²) in [4.78, 5) is 14.6. The van der Waals surface area contributed by atoms with Gasteiger partial charge in [0, 0.05) is 19.5 Å². The molecule has 1 heterocycles. The number of rotatable bonds is 8. The van der Waals surface area contributed by atoms with E-state index in [4.69, 9.17) is 0 Å². The number of carbonyl (C=O) groups excluding carboxylic acids is 1. The summed E-state index contributed by atoms with van der Waals surface area (Å²) in [7, 11) is -4.06. The maximum atomic E-state index is 13.5. The van der Waals surface area contributed by atoms with Gasteiger partial charge in [0.05, 0.1) is 4.90 Å². The molecule has 1 fully saturated rings. The van der Waals surface area contributed by atoms with Crippen molar-refractivity contribution < 1.29 is 27.2 Å². The predicted molar refractivity (Wildman–Crippen MR) is 129 cm³/mol. The minimum Gasteiger partial charge on any atom is -0.303 e. The van der Waals surface area contributed by atoms with Crippen molar-refractivity contribution in [2.45, 2.75) is 55.1 Å². The zero-order chi connectivity index (χ0) is 24.3. The van der Waals surface area contributed by atoms with Gasteiger partial charge in [-0.3, -0.25) is 10.0 Å². The highest BCUT2D eigenvalue weighted by Crippen LogP contribution is 2.36. The molecule has 0 atom stereocenters. The number of likely N-dealkylation sites (tertiary alicyclic amines) is 1. The number of nitrogens with zero attached hydrogens (tertiary/aromatic N) is 1. The van der Waals surface area contributed by atoms with Crippen LogP contribution in [-0.4, -0.2) is 54.7 Å². The lowest BCUT2D eigenvalue weighted by Crippen LogP contribution is -2.57. The summed E-state index contributed by atoms with van der Waals surface area (Å²) in [6.45, 7) is 4.51. The lowest BCUT2D eigenvalue weighted by molar-refractivity contribution is -0.133. The molecule has 3 rings (SSSR count). The van der Waals surface area contributed by atoms with E-state index in [1.807, 2.05) is 19.1 Å². The molecule has 0 saturated carbocycles. The molecule has 0 radical (unpaired) electrons. The van der Waals surface area contributed by atoms with Crippen molar-refractivity contribution in [3.05, 3.63) is 54.1 Å². The highest BCUT2D eigenvalue weighted by molar-refractivity contribution is 7.93. The molecule has 10 heteroatoms. The zero-order valence-electron chi connectivity index (χ0n) is 19.3. The third-order valence-electron chi connectivity index (χ3n) is 6.45. The van der Waals surface area contributed by atoms with Gasteiger partial charge >= 0.3 is 0 Å². The Morgan fingerprint density at radius 3 is 2.00 bits per heavy atom. The van der Waals surface area contributed by atoms with E-state index in [9.17, 15) is 27.2 Å². The fourth-order valence-corrected chi connectivity index (χ4v) is 6.19. The lowest BCUT2D eigenvalue weighted by atomic mass is 9.95. The number of hydrogen-bond donors (Lipinski definition) is 2. The molecule has 1 saturated heterocycles. The highest BCUT2D eigenvalue weighted by Gasteiger charge is 2.52. The van der Waals surface area contributed by atoms with Gasteiger partial charge in [-0.2, -0.15) is 0 Å². The Hall–Kier alpha value is -2.07. The van der Waals surface area contributed by atoms with Crippen molar-refractivity contribution in [1.82, 2.24) is 10.4 Å². The quantitative estimate of drug-likeness (QED) is 0.398. The smallest absolute Gasteiger partial charge is 0.265 e. The van der Waals surface area contributed by atoms with E-state index >= 15 is 0 Å². The van der Waals surface area contributed by atoms with E-state index in [1.165, 1.54) is 12.1 Å². The van der Waals surface area contributed by atoms with Crippen LogP contribution in [0, 0.1) is 0 Å². The van der Waals surface area contributed by atoms with Crippen molar-refractivity contribution in [2.24, 2.45) is 0 Å². The molecule has 0 bridgehead atoms. The van der Waals surface area contributed by atoms with Crippen LogP contribution < -0.4 is 5.48 Å². The number of benzene rings is 2. The second-order valence-electron chi connectivity index (χ2n) is 8.66. The van der Waals surface area contributed by atoms with E-state index < -0.39 is 26.4 Å². The van der Waals surface area contributed by atoms with E-state index in [-0.39, 0.29) is 43.0 Å². The van der Waals surface area contributed by atoms with Gasteiger partial charge < -0.3 is 4.90 Å². The normalized spacial score (nSPS) is 16.5. The Labute approximate surface area is 205 Å². The number of nitrogens with one attached hydrogen (secondary N) is 1. The standard InChI is InChI=1S/C24H30F2N2O4S.ClH/c1-3-28-16-14-24(15-17-28,22(29)27-30)33(31,32)21-10-8-20(9-11-21)19-6-4-18(5-7-19)12-13-23(2,25)26;/h4-11,30H,3,12-17H2,1-2H3,(H,27,29);1H. The fourth-order valence-electron chi connectivity index (χ4n) is 4.23. The number of hydroxylamine groups is 1. The SMILES string of the molecule is CCN1CCC(C(=O)NO)(S(=O)(=O)c2ccc(-c3ccc(CCC(C)(F)F)cc3)cc2)CC1.Cl. The lowest BCUT2D eigenvalue weighted by Gasteiger charge is -2.39. The molecule has 2 aromatic carbocycles. The van der Waals surface area contributed by atoms with Crippen LogP contribution in [0.15, 0.2) is 53.4 Å². The van der Waals surface area contributed by atoms with Crippen molar-refractivity contribution in [3.8, 4) is 11.1 Å². The summed E-state index contributed by atoms with van der Waals surface area (Å²) in [5.41, 5.74) is 3.95. The first-order valence-corrected chi connectivity index (χ1v) is 12.5. The topological polar surface area (TPSA) is 86.7 Å². The molecular weight excluding hydrogens is 486 g/mol. The van der Waals surface area contributed by atoms with Crippen molar-refractivity contribution in [3.63, 3.8) is 0 Å². The Morgan fingerprint density at radius 2 is 1.56 bits per heavy atom. The Morgan fingerprint density at radius 1 is 1.06 bits per heavy atom. The molecular formula is C24H31ClF2N2O4S. The van der Waals surface area contributed by atoms with Gasteiger partial charge in [0.1, 0.15) is 0 Å². The maximum Gasteiger partial charge on any atom is 0.265 e. The number of halogens is 3. The van der Waals surface area contributed by atoms with Gasteiger partial charge in [0.25, 0.3) is 5.91 Å². The predicted octanol–water partition coefficient (Wildman–Crippen LogP) is 4.50. The second-order valence-corrected chi connectivity index (χ2v) is 10.9. The molecule has 0 aliphatic carbocycles. The zero-order valence-corrected chi connectivity index (χ0v) is 20.9. The number of piperidine rings is 1. The largest absolute Gasteiger partial charge is 0.303 e. The Balaban J connectivity index is 0.00000408. The van der Waals surface area contributed by atoms with Crippen LogP contribution >= 0.6 is 12.4 Å². The molecule has 1 aliphatic heterocycles. The number of aryl methyl sites for hydroxylation is 1. The van der Waals surface area contributed by atoms with E-state index in [0.29, 0.717) is 13.1 Å². The number of amides is 1. The first-order valence-electron chi connectivity index (χ1n) is 11.0. The van der Waals surface area contributed by atoms with Crippen LogP contribution in [-0.2, 0) is 21.1 Å². The van der Waals surface area contributed by atoms with Gasteiger partial charge in [0.2, 0.25) is 5.92 Å². The fraction of sp³-hybridized carbons (Fsp3) is 0.458. The molecule has 2 N–H and O–H groups in total. The number of sulfone groups is 1. The average molecular weight is 517 g/mol. The molecule has 34 heavy (non-hydrogen) atoms. The van der Waals surface area contributed by atoms with Gasteiger partial charge in [-0.05, 0) is 61.6 Å². The van der Waals surface area contributed by atoms with Crippen LogP contribution in [0.4, 0.5) is 8.78 Å². The van der Waals surface area contributed by atoms with Crippen LogP contribution in [0.3, 0.4) is 0 Å². The highest BCUT2D eigenvalue weighted by atomic mass is 35.5. The van der Waals surface area contributed by atoms with Crippen LogP contribution in [0.25, 0.3) is 11.1 Å². The third kappa shape index (κ3) is 5.94. The molecule has 188 valence electrons. The number of carbonyl (C=O) groups is 1. The average Bonchev–Trinajstić information content (AvgIpc) is 2.82. The van der Waals surface area contributed by atoms with Crippen molar-refractivity contribution >= 4 is 28.2 Å². The van der Waals surface area contributed by atoms with Gasteiger partial charge in [-0.25, -0.2) is 22.7 Å². The minimum absolute atomic E-state index is 0. The molecule has 1 aliphatic rings. The summed E-state index contributed by atoms with van der Waals surface area (Å²) in [5, 5.41) is 9.26. The summed E-state index contributed by atoms with van der Waals surface area (Å²) < 4.78 is 51.4. The van der Waals surface area contributed by atoms with E-state index in [0.717, 1.165) is 30.2 Å². The van der Waals surface area contributed by atoms with Crippen molar-refractivity contribution in [2.75, 3.05) is 19.6 Å². The van der Waals surface area contributed by atoms with E-state index in [2.05, 4.69) is 4.90 Å². The minimum atomic E-state index is -4.06. The van der Waals surface area contributed by atoms with Gasteiger partial charge in [-0.1, -0.05) is 43.3 Å². The Kier molecular flexibility index (Phi) is 9.21. The van der Waals surface area contributed by atoms with Crippen LogP contribution in [0.5, 0.6) is 0 Å². The van der Waals surface area contributed by atoms with Gasteiger partial charge in [-0.15, -0.1) is 12.4 Å². The molecule has 2 aromatic rings. The monoisotopic (exact) mass is 516 g/mol. The molecule has 1 amide bonds. The van der Waals surface area contributed by atoms with Crippen molar-refractivity contribution in [1.29, 1.82) is 0 Å². The maximum absolute atomic E-state index is 13.5. The number of hydrogen-bond acceptors (Lipinski definition) is 5. The third-order valence-corrected chi connectivity index (χ3v) is 8.96. The van der Waals surface area contributed by atoms with Crippen LogP contribution in [0.1, 0.15) is 38.7 Å². The molecule has 0 spiro atoms. The second kappa shape index (κ2) is 11.1. The number of alkyl halides is 2. The molecule has 0 unspecified atom stereocenters. The molecule has 6 nitrogen and oxygen atoms in total. The van der Waals surface area contributed by atoms with Gasteiger partial charge in [0.15, 0.2) is 14.6 Å². The summed E-state index contributed by atoms with van der Waals surface area (Å²) in [6.07, 6.45) is 0.231. The van der Waals surface area contributed by atoms with E-state index in [1.54, 1.807) is 29.7 Å². The molecule has 0 aromatic heterocycles. The summed E-state index contributed by atoms with van der Waals surface area (Å²) >= 11 is 0. The first kappa shape index (κ1) is 28.2.